The third-order valence-corrected chi connectivity index (χ3v) is 5.15. The maximum Gasteiger partial charge on any atom is 0.272 e. The van der Waals surface area contributed by atoms with Gasteiger partial charge in [0.2, 0.25) is 0 Å². The Bertz CT molecular complexity index is 1250. The van der Waals surface area contributed by atoms with Crippen LogP contribution in [0.5, 0.6) is 5.75 Å². The van der Waals surface area contributed by atoms with E-state index in [-0.39, 0.29) is 11.7 Å². The first-order chi connectivity index (χ1) is 14.5. The summed E-state index contributed by atoms with van der Waals surface area (Å²) >= 11 is 3.44. The number of hydrogen-bond acceptors (Lipinski definition) is 4. The fourth-order valence-corrected chi connectivity index (χ4v) is 3.35. The summed E-state index contributed by atoms with van der Waals surface area (Å²) in [6.45, 7) is 1.98. The number of fused-ring (bicyclic) bond motifs is 1. The molecule has 4 aromatic rings. The SMILES string of the molecule is Cc1ccc2nc(-c3ccc(Br)cc3)cc(C(=O)NN=Cc3ccc(O)cc3)c2c1. The number of aromatic hydroxyl groups is 1. The molecule has 1 aromatic heterocycles. The lowest BCUT2D eigenvalue weighted by molar-refractivity contribution is 0.0956. The van der Waals surface area contributed by atoms with Crippen molar-refractivity contribution in [3.05, 3.63) is 94.0 Å². The number of aryl methyl sites for hydroxylation is 1. The number of nitrogens with zero attached hydrogens (tertiary/aromatic N) is 2. The van der Waals surface area contributed by atoms with Gasteiger partial charge in [0.05, 0.1) is 23.0 Å². The molecule has 4 rings (SSSR count). The quantitative estimate of drug-likeness (QED) is 0.315. The highest BCUT2D eigenvalue weighted by atomic mass is 79.9. The van der Waals surface area contributed by atoms with Crippen LogP contribution in [0.25, 0.3) is 22.2 Å². The summed E-state index contributed by atoms with van der Waals surface area (Å²) in [4.78, 5) is 17.7. The van der Waals surface area contributed by atoms with Gasteiger partial charge in [0.1, 0.15) is 5.75 Å². The topological polar surface area (TPSA) is 74.6 Å². The highest BCUT2D eigenvalue weighted by molar-refractivity contribution is 9.10. The molecule has 0 saturated carbocycles. The van der Waals surface area contributed by atoms with E-state index in [1.807, 2.05) is 49.4 Å². The molecule has 1 heterocycles. The van der Waals surface area contributed by atoms with Gasteiger partial charge in [-0.15, -0.1) is 0 Å². The minimum atomic E-state index is -0.318. The van der Waals surface area contributed by atoms with E-state index in [9.17, 15) is 9.90 Å². The Labute approximate surface area is 182 Å². The molecule has 2 N–H and O–H groups in total. The molecule has 0 unspecified atom stereocenters. The number of phenols is 1. The van der Waals surface area contributed by atoms with Crippen molar-refractivity contribution in [2.75, 3.05) is 0 Å². The predicted molar refractivity (Wildman–Crippen MR) is 123 cm³/mol. The molecule has 0 saturated heterocycles. The molecule has 0 atom stereocenters. The lowest BCUT2D eigenvalue weighted by Gasteiger charge is -2.10. The maximum absolute atomic E-state index is 13.0. The molecule has 0 radical (unpaired) electrons. The number of carbonyl (C=O) groups excluding carboxylic acids is 1. The van der Waals surface area contributed by atoms with E-state index in [4.69, 9.17) is 4.98 Å². The number of carbonyl (C=O) groups is 1. The molecule has 0 aliphatic carbocycles. The molecule has 0 fully saturated rings. The van der Waals surface area contributed by atoms with Gasteiger partial charge < -0.3 is 5.11 Å². The minimum absolute atomic E-state index is 0.176. The van der Waals surface area contributed by atoms with E-state index in [0.29, 0.717) is 11.3 Å². The van der Waals surface area contributed by atoms with Crippen LogP contribution in [-0.4, -0.2) is 22.2 Å². The second-order valence-corrected chi connectivity index (χ2v) is 7.79. The first-order valence-electron chi connectivity index (χ1n) is 9.29. The standard InChI is InChI=1S/C24H18BrN3O2/c1-15-2-11-22-20(12-15)21(13-23(27-22)17-5-7-18(25)8-6-17)24(30)28-26-14-16-3-9-19(29)10-4-16/h2-14,29H,1H3,(H,28,30). The summed E-state index contributed by atoms with van der Waals surface area (Å²) in [5.74, 6) is -0.142. The third-order valence-electron chi connectivity index (χ3n) is 4.62. The monoisotopic (exact) mass is 459 g/mol. The zero-order chi connectivity index (χ0) is 21.1. The summed E-state index contributed by atoms with van der Waals surface area (Å²) in [7, 11) is 0. The maximum atomic E-state index is 13.0. The van der Waals surface area contributed by atoms with Gasteiger partial charge in [0.15, 0.2) is 0 Å². The summed E-state index contributed by atoms with van der Waals surface area (Å²) in [5, 5.41) is 14.2. The fraction of sp³-hybridized carbons (Fsp3) is 0.0417. The van der Waals surface area contributed by atoms with Crippen molar-refractivity contribution in [1.82, 2.24) is 10.4 Å². The average molecular weight is 460 g/mol. The van der Waals surface area contributed by atoms with E-state index in [1.165, 1.54) is 6.21 Å². The third kappa shape index (κ3) is 4.39. The number of halogens is 1. The van der Waals surface area contributed by atoms with Crippen LogP contribution < -0.4 is 5.43 Å². The zero-order valence-electron chi connectivity index (χ0n) is 16.1. The van der Waals surface area contributed by atoms with Gasteiger partial charge in [-0.25, -0.2) is 10.4 Å². The van der Waals surface area contributed by atoms with E-state index in [2.05, 4.69) is 26.5 Å². The van der Waals surface area contributed by atoms with Crippen molar-refractivity contribution < 1.29 is 9.90 Å². The first-order valence-corrected chi connectivity index (χ1v) is 10.1. The Kier molecular flexibility index (Phi) is 5.59. The normalized spacial score (nSPS) is 11.1. The number of phenolic OH excluding ortho intramolecular Hbond substituents is 1. The zero-order valence-corrected chi connectivity index (χ0v) is 17.7. The summed E-state index contributed by atoms with van der Waals surface area (Å²) < 4.78 is 0.976. The van der Waals surface area contributed by atoms with Crippen molar-refractivity contribution in [3.8, 4) is 17.0 Å². The molecular formula is C24H18BrN3O2. The molecule has 0 spiro atoms. The highest BCUT2D eigenvalue weighted by Crippen LogP contribution is 2.26. The Morgan fingerprint density at radius 2 is 1.77 bits per heavy atom. The molecule has 6 heteroatoms. The number of hydrazone groups is 1. The van der Waals surface area contributed by atoms with Crippen molar-refractivity contribution in [2.24, 2.45) is 5.10 Å². The molecule has 1 amide bonds. The number of aromatic nitrogens is 1. The van der Waals surface area contributed by atoms with Gasteiger partial charge in [0.25, 0.3) is 5.91 Å². The molecule has 0 aliphatic rings. The Hall–Kier alpha value is -3.51. The van der Waals surface area contributed by atoms with E-state index >= 15 is 0 Å². The van der Waals surface area contributed by atoms with Crippen LogP contribution in [-0.2, 0) is 0 Å². The fourth-order valence-electron chi connectivity index (χ4n) is 3.08. The van der Waals surface area contributed by atoms with Crippen molar-refractivity contribution >= 4 is 39.0 Å². The smallest absolute Gasteiger partial charge is 0.272 e. The van der Waals surface area contributed by atoms with Gasteiger partial charge in [-0.3, -0.25) is 4.79 Å². The second kappa shape index (κ2) is 8.47. The van der Waals surface area contributed by atoms with Crippen LogP contribution in [0.2, 0.25) is 0 Å². The van der Waals surface area contributed by atoms with Gasteiger partial charge >= 0.3 is 0 Å². The second-order valence-electron chi connectivity index (χ2n) is 6.87. The van der Waals surface area contributed by atoms with E-state index in [1.54, 1.807) is 30.3 Å². The van der Waals surface area contributed by atoms with E-state index < -0.39 is 0 Å². The van der Waals surface area contributed by atoms with Gasteiger partial charge in [-0.1, -0.05) is 39.7 Å². The lowest BCUT2D eigenvalue weighted by Crippen LogP contribution is -2.18. The van der Waals surface area contributed by atoms with Crippen molar-refractivity contribution in [1.29, 1.82) is 0 Å². The molecule has 0 aliphatic heterocycles. The van der Waals surface area contributed by atoms with Crippen LogP contribution in [0.15, 0.2) is 82.4 Å². The summed E-state index contributed by atoms with van der Waals surface area (Å²) in [6, 6.07) is 22.0. The summed E-state index contributed by atoms with van der Waals surface area (Å²) in [6.07, 6.45) is 1.53. The molecular weight excluding hydrogens is 442 g/mol. The number of rotatable bonds is 4. The number of pyridine rings is 1. The largest absolute Gasteiger partial charge is 0.508 e. The van der Waals surface area contributed by atoms with Gasteiger partial charge in [-0.2, -0.15) is 5.10 Å². The van der Waals surface area contributed by atoms with Crippen LogP contribution >= 0.6 is 15.9 Å². The molecule has 148 valence electrons. The van der Waals surface area contributed by atoms with Crippen LogP contribution in [0.3, 0.4) is 0 Å². The Balaban J connectivity index is 1.70. The van der Waals surface area contributed by atoms with E-state index in [0.717, 1.165) is 32.1 Å². The molecule has 3 aromatic carbocycles. The predicted octanol–water partition coefficient (Wildman–Crippen LogP) is 5.44. The molecule has 30 heavy (non-hydrogen) atoms. The van der Waals surface area contributed by atoms with Gasteiger partial charge in [0, 0.05) is 15.4 Å². The van der Waals surface area contributed by atoms with Crippen LogP contribution in [0, 0.1) is 6.92 Å². The number of hydrogen-bond donors (Lipinski definition) is 2. The molecule has 5 nitrogen and oxygen atoms in total. The van der Waals surface area contributed by atoms with Crippen molar-refractivity contribution in [2.45, 2.75) is 6.92 Å². The Morgan fingerprint density at radius 3 is 2.50 bits per heavy atom. The van der Waals surface area contributed by atoms with Crippen LogP contribution in [0.4, 0.5) is 0 Å². The van der Waals surface area contributed by atoms with Gasteiger partial charge in [-0.05, 0) is 67.1 Å². The first kappa shape index (κ1) is 19.8. The molecule has 0 bridgehead atoms. The number of nitrogens with one attached hydrogen (secondary N) is 1. The van der Waals surface area contributed by atoms with Crippen molar-refractivity contribution in [3.63, 3.8) is 0 Å². The lowest BCUT2D eigenvalue weighted by atomic mass is 10.0. The highest BCUT2D eigenvalue weighted by Gasteiger charge is 2.14. The average Bonchev–Trinajstić information content (AvgIpc) is 2.75. The summed E-state index contributed by atoms with van der Waals surface area (Å²) in [5.41, 5.74) is 7.28. The minimum Gasteiger partial charge on any atom is -0.508 e. The van der Waals surface area contributed by atoms with Crippen LogP contribution in [0.1, 0.15) is 21.5 Å². The Morgan fingerprint density at radius 1 is 1.03 bits per heavy atom. The number of amides is 1. The number of benzene rings is 3.